The lowest BCUT2D eigenvalue weighted by Gasteiger charge is -2.35. The summed E-state index contributed by atoms with van der Waals surface area (Å²) in [4.78, 5) is 15.8. The lowest BCUT2D eigenvalue weighted by atomic mass is 10.1. The molecule has 2 rings (SSSR count). The molecule has 94 valence electrons. The SMILES string of the molecule is CC(=O)c1cccc(N2CCN(CC#N)CC2)c1. The van der Waals surface area contributed by atoms with Crippen LogP contribution in [-0.4, -0.2) is 43.4 Å². The van der Waals surface area contributed by atoms with E-state index in [0.717, 1.165) is 37.4 Å². The second-order valence-electron chi connectivity index (χ2n) is 4.53. The van der Waals surface area contributed by atoms with Crippen LogP contribution in [0.25, 0.3) is 0 Å². The van der Waals surface area contributed by atoms with E-state index < -0.39 is 0 Å². The molecule has 0 aromatic heterocycles. The van der Waals surface area contributed by atoms with Crippen LogP contribution in [0.4, 0.5) is 5.69 Å². The maximum atomic E-state index is 11.4. The van der Waals surface area contributed by atoms with Gasteiger partial charge in [0.2, 0.25) is 0 Å². The minimum Gasteiger partial charge on any atom is -0.369 e. The van der Waals surface area contributed by atoms with Gasteiger partial charge in [0.25, 0.3) is 0 Å². The number of ketones is 1. The van der Waals surface area contributed by atoms with Gasteiger partial charge in [0.15, 0.2) is 5.78 Å². The summed E-state index contributed by atoms with van der Waals surface area (Å²) < 4.78 is 0. The van der Waals surface area contributed by atoms with Crippen molar-refractivity contribution in [2.24, 2.45) is 0 Å². The predicted molar refractivity (Wildman–Crippen MR) is 70.7 cm³/mol. The number of carbonyl (C=O) groups is 1. The molecule has 0 N–H and O–H groups in total. The van der Waals surface area contributed by atoms with E-state index in [1.165, 1.54) is 0 Å². The summed E-state index contributed by atoms with van der Waals surface area (Å²) >= 11 is 0. The van der Waals surface area contributed by atoms with Crippen LogP contribution in [0.3, 0.4) is 0 Å². The van der Waals surface area contributed by atoms with E-state index in [-0.39, 0.29) is 5.78 Å². The number of nitriles is 1. The number of nitrogens with zero attached hydrogens (tertiary/aromatic N) is 3. The minimum atomic E-state index is 0.0972. The first-order valence-electron chi connectivity index (χ1n) is 6.16. The van der Waals surface area contributed by atoms with Crippen LogP contribution < -0.4 is 4.90 Å². The molecule has 1 saturated heterocycles. The number of hydrogen-bond donors (Lipinski definition) is 0. The van der Waals surface area contributed by atoms with Gasteiger partial charge < -0.3 is 4.90 Å². The van der Waals surface area contributed by atoms with E-state index in [2.05, 4.69) is 15.9 Å². The van der Waals surface area contributed by atoms with Crippen molar-refractivity contribution in [3.8, 4) is 6.07 Å². The molecule has 0 saturated carbocycles. The molecule has 1 aromatic carbocycles. The van der Waals surface area contributed by atoms with Crippen LogP contribution in [0, 0.1) is 11.3 Å². The second kappa shape index (κ2) is 5.65. The van der Waals surface area contributed by atoms with E-state index in [9.17, 15) is 4.79 Å². The van der Waals surface area contributed by atoms with Gasteiger partial charge in [-0.05, 0) is 19.1 Å². The van der Waals surface area contributed by atoms with Crippen molar-refractivity contribution in [3.63, 3.8) is 0 Å². The van der Waals surface area contributed by atoms with Gasteiger partial charge in [-0.15, -0.1) is 0 Å². The molecule has 0 spiro atoms. The zero-order valence-corrected chi connectivity index (χ0v) is 10.6. The van der Waals surface area contributed by atoms with Gasteiger partial charge in [-0.2, -0.15) is 5.26 Å². The number of Topliss-reactive ketones (excluding diaryl/α,β-unsaturated/α-hetero) is 1. The highest BCUT2D eigenvalue weighted by Gasteiger charge is 2.17. The van der Waals surface area contributed by atoms with Gasteiger partial charge in [0.1, 0.15) is 0 Å². The minimum absolute atomic E-state index is 0.0972. The maximum absolute atomic E-state index is 11.4. The van der Waals surface area contributed by atoms with Crippen LogP contribution in [0.1, 0.15) is 17.3 Å². The highest BCUT2D eigenvalue weighted by Crippen LogP contribution is 2.18. The largest absolute Gasteiger partial charge is 0.369 e. The molecule has 0 unspecified atom stereocenters. The molecule has 0 atom stereocenters. The predicted octanol–water partition coefficient (Wildman–Crippen LogP) is 1.53. The average molecular weight is 243 g/mol. The van der Waals surface area contributed by atoms with Crippen molar-refractivity contribution in [2.45, 2.75) is 6.92 Å². The molecule has 4 heteroatoms. The van der Waals surface area contributed by atoms with Gasteiger partial charge >= 0.3 is 0 Å². The second-order valence-corrected chi connectivity index (χ2v) is 4.53. The molecule has 1 fully saturated rings. The number of anilines is 1. The molecule has 1 aromatic rings. The highest BCUT2D eigenvalue weighted by atomic mass is 16.1. The standard InChI is InChI=1S/C14H17N3O/c1-12(18)13-3-2-4-14(11-13)17-9-7-16(6-5-15)8-10-17/h2-4,11H,6-10H2,1H3. The van der Waals surface area contributed by atoms with Crippen molar-refractivity contribution in [1.29, 1.82) is 5.26 Å². The molecule has 4 nitrogen and oxygen atoms in total. The fraction of sp³-hybridized carbons (Fsp3) is 0.429. The Hall–Kier alpha value is -1.86. The van der Waals surface area contributed by atoms with Crippen molar-refractivity contribution in [3.05, 3.63) is 29.8 Å². The van der Waals surface area contributed by atoms with E-state index in [1.54, 1.807) is 6.92 Å². The Labute approximate surface area is 107 Å². The number of benzene rings is 1. The van der Waals surface area contributed by atoms with Crippen LogP contribution in [0.15, 0.2) is 24.3 Å². The number of piperazine rings is 1. The lowest BCUT2D eigenvalue weighted by molar-refractivity contribution is 0.101. The Balaban J connectivity index is 2.03. The number of rotatable bonds is 3. The summed E-state index contributed by atoms with van der Waals surface area (Å²) in [5.74, 6) is 0.0972. The highest BCUT2D eigenvalue weighted by molar-refractivity contribution is 5.94. The van der Waals surface area contributed by atoms with Gasteiger partial charge in [-0.1, -0.05) is 12.1 Å². The van der Waals surface area contributed by atoms with Crippen molar-refractivity contribution in [2.75, 3.05) is 37.6 Å². The molecule has 0 amide bonds. The van der Waals surface area contributed by atoms with Gasteiger partial charge in [0, 0.05) is 37.4 Å². The van der Waals surface area contributed by atoms with Crippen molar-refractivity contribution in [1.82, 2.24) is 4.90 Å². The first-order chi connectivity index (χ1) is 8.70. The quantitative estimate of drug-likeness (QED) is 0.596. The summed E-state index contributed by atoms with van der Waals surface area (Å²) in [6.45, 7) is 5.70. The third-order valence-corrected chi connectivity index (χ3v) is 3.28. The van der Waals surface area contributed by atoms with Crippen molar-refractivity contribution >= 4 is 11.5 Å². The van der Waals surface area contributed by atoms with Gasteiger partial charge in [-0.25, -0.2) is 0 Å². The molecule has 18 heavy (non-hydrogen) atoms. The Morgan fingerprint density at radius 1 is 1.33 bits per heavy atom. The summed E-state index contributed by atoms with van der Waals surface area (Å²) in [6.07, 6.45) is 0. The molecule has 0 bridgehead atoms. The smallest absolute Gasteiger partial charge is 0.159 e. The Bertz CT molecular complexity index is 470. The van der Waals surface area contributed by atoms with Crippen LogP contribution in [0.2, 0.25) is 0 Å². The fourth-order valence-electron chi connectivity index (χ4n) is 2.19. The molecular formula is C14H17N3O. The van der Waals surface area contributed by atoms with E-state index in [4.69, 9.17) is 5.26 Å². The van der Waals surface area contributed by atoms with E-state index in [1.807, 2.05) is 24.3 Å². The molecular weight excluding hydrogens is 226 g/mol. The van der Waals surface area contributed by atoms with Crippen LogP contribution in [-0.2, 0) is 0 Å². The van der Waals surface area contributed by atoms with Gasteiger partial charge in [-0.3, -0.25) is 9.69 Å². The fourth-order valence-corrected chi connectivity index (χ4v) is 2.19. The summed E-state index contributed by atoms with van der Waals surface area (Å²) in [5.41, 5.74) is 1.85. The number of carbonyl (C=O) groups excluding carboxylic acids is 1. The van der Waals surface area contributed by atoms with Crippen LogP contribution >= 0.6 is 0 Å². The maximum Gasteiger partial charge on any atom is 0.159 e. The Kier molecular flexibility index (Phi) is 3.96. The number of hydrogen-bond acceptors (Lipinski definition) is 4. The summed E-state index contributed by atoms with van der Waals surface area (Å²) in [6, 6.07) is 9.93. The molecule has 0 aliphatic carbocycles. The van der Waals surface area contributed by atoms with Crippen molar-refractivity contribution < 1.29 is 4.79 Å². The first-order valence-corrected chi connectivity index (χ1v) is 6.16. The summed E-state index contributed by atoms with van der Waals surface area (Å²) in [5, 5.41) is 8.66. The topological polar surface area (TPSA) is 47.3 Å². The molecule has 1 aliphatic heterocycles. The zero-order chi connectivity index (χ0) is 13.0. The third-order valence-electron chi connectivity index (χ3n) is 3.28. The molecule has 1 aliphatic rings. The Morgan fingerprint density at radius 2 is 2.06 bits per heavy atom. The normalized spacial score (nSPS) is 16.3. The summed E-state index contributed by atoms with van der Waals surface area (Å²) in [7, 11) is 0. The third kappa shape index (κ3) is 2.88. The zero-order valence-electron chi connectivity index (χ0n) is 10.6. The lowest BCUT2D eigenvalue weighted by Crippen LogP contribution is -2.46. The van der Waals surface area contributed by atoms with Crippen LogP contribution in [0.5, 0.6) is 0 Å². The average Bonchev–Trinajstić information content (AvgIpc) is 2.40. The van der Waals surface area contributed by atoms with E-state index in [0.29, 0.717) is 6.54 Å². The monoisotopic (exact) mass is 243 g/mol. The van der Waals surface area contributed by atoms with Gasteiger partial charge in [0.05, 0.1) is 12.6 Å². The molecule has 0 radical (unpaired) electrons. The Morgan fingerprint density at radius 3 is 2.67 bits per heavy atom. The first kappa shape index (κ1) is 12.6. The van der Waals surface area contributed by atoms with E-state index >= 15 is 0 Å². The molecule has 1 heterocycles.